The summed E-state index contributed by atoms with van der Waals surface area (Å²) in [6.45, 7) is 5.15. The molecule has 152 valence electrons. The Balaban J connectivity index is 1.30. The number of hydrogen-bond acceptors (Lipinski definition) is 1. The molecule has 0 saturated heterocycles. The lowest BCUT2D eigenvalue weighted by Crippen LogP contribution is -2.16. The van der Waals surface area contributed by atoms with Gasteiger partial charge in [0, 0.05) is 0 Å². The summed E-state index contributed by atoms with van der Waals surface area (Å²) < 4.78 is 5.58. The van der Waals surface area contributed by atoms with Crippen molar-refractivity contribution in [3.8, 4) is 5.75 Å². The molecule has 1 nitrogen and oxygen atoms in total. The van der Waals surface area contributed by atoms with Crippen LogP contribution in [-0.4, -0.2) is 6.61 Å². The van der Waals surface area contributed by atoms with Crippen LogP contribution in [0, 0.1) is 17.8 Å². The molecule has 0 atom stereocenters. The highest BCUT2D eigenvalue weighted by atomic mass is 16.5. The van der Waals surface area contributed by atoms with Gasteiger partial charge in [0.2, 0.25) is 0 Å². The number of hydrogen-bond donors (Lipinski definition) is 0. The first-order chi connectivity index (χ1) is 13.3. The molecule has 0 bridgehead atoms. The molecule has 1 aromatic rings. The average Bonchev–Trinajstić information content (AvgIpc) is 2.71. The van der Waals surface area contributed by atoms with Gasteiger partial charge in [0.15, 0.2) is 0 Å². The predicted octanol–water partition coefficient (Wildman–Crippen LogP) is 8.14. The molecule has 0 aliphatic heterocycles. The van der Waals surface area contributed by atoms with Gasteiger partial charge < -0.3 is 4.74 Å². The van der Waals surface area contributed by atoms with Crippen molar-refractivity contribution >= 4 is 0 Å². The maximum atomic E-state index is 5.58. The van der Waals surface area contributed by atoms with Crippen molar-refractivity contribution in [1.29, 1.82) is 0 Å². The summed E-state index contributed by atoms with van der Waals surface area (Å²) in [6, 6.07) is 8.90. The summed E-state index contributed by atoms with van der Waals surface area (Å²) in [5, 5.41) is 0. The van der Waals surface area contributed by atoms with E-state index in [2.05, 4.69) is 31.2 Å². The third-order valence-corrected chi connectivity index (χ3v) is 7.40. The van der Waals surface area contributed by atoms with E-state index in [9.17, 15) is 0 Å². The van der Waals surface area contributed by atoms with Crippen molar-refractivity contribution in [1.82, 2.24) is 0 Å². The van der Waals surface area contributed by atoms with Gasteiger partial charge in [0.1, 0.15) is 5.75 Å². The van der Waals surface area contributed by atoms with Crippen molar-refractivity contribution in [3.05, 3.63) is 29.8 Å². The first-order valence-electron chi connectivity index (χ1n) is 12.0. The van der Waals surface area contributed by atoms with E-state index in [0.29, 0.717) is 0 Å². The third-order valence-electron chi connectivity index (χ3n) is 7.40. The second-order valence-electron chi connectivity index (χ2n) is 9.33. The summed E-state index contributed by atoms with van der Waals surface area (Å²) in [4.78, 5) is 0. The van der Waals surface area contributed by atoms with Crippen LogP contribution < -0.4 is 4.74 Å². The molecule has 0 unspecified atom stereocenters. The maximum absolute atomic E-state index is 5.58. The fourth-order valence-corrected chi connectivity index (χ4v) is 5.70. The fraction of sp³-hybridized carbons (Fsp3) is 0.769. The molecule has 2 aliphatic rings. The summed E-state index contributed by atoms with van der Waals surface area (Å²) in [6.07, 6.45) is 19.1. The molecule has 1 heteroatoms. The monoisotopic (exact) mass is 370 g/mol. The van der Waals surface area contributed by atoms with Gasteiger partial charge in [-0.15, -0.1) is 0 Å². The molecular formula is C26H42O. The molecule has 1 aromatic carbocycles. The van der Waals surface area contributed by atoms with Crippen molar-refractivity contribution in [2.75, 3.05) is 6.61 Å². The lowest BCUT2D eigenvalue weighted by Gasteiger charge is -2.31. The number of rotatable bonds is 9. The van der Waals surface area contributed by atoms with Gasteiger partial charge in [-0.1, -0.05) is 76.8 Å². The van der Waals surface area contributed by atoms with Crippen LogP contribution in [0.4, 0.5) is 0 Å². The van der Waals surface area contributed by atoms with Gasteiger partial charge in [-0.25, -0.2) is 0 Å². The third kappa shape index (κ3) is 6.54. The second kappa shape index (κ2) is 11.1. The van der Waals surface area contributed by atoms with E-state index in [1.54, 1.807) is 0 Å². The van der Waals surface area contributed by atoms with Crippen molar-refractivity contribution < 1.29 is 4.74 Å². The Hall–Kier alpha value is -0.980. The molecule has 2 fully saturated rings. The van der Waals surface area contributed by atoms with Gasteiger partial charge in [0.05, 0.1) is 6.61 Å². The standard InChI is InChI=1S/C26H42O/c1-3-6-21-9-11-22(12-10-21)7-5-8-23-13-15-24(16-14-23)25-17-19-26(20-18-25)27-4-2/h17-24H,3-16H2,1-2H3. The van der Waals surface area contributed by atoms with Gasteiger partial charge >= 0.3 is 0 Å². The zero-order valence-corrected chi connectivity index (χ0v) is 17.9. The van der Waals surface area contributed by atoms with Crippen LogP contribution in [-0.2, 0) is 0 Å². The molecule has 3 rings (SSSR count). The topological polar surface area (TPSA) is 9.23 Å². The highest BCUT2D eigenvalue weighted by Gasteiger charge is 2.24. The molecule has 0 radical (unpaired) electrons. The second-order valence-corrected chi connectivity index (χ2v) is 9.33. The van der Waals surface area contributed by atoms with E-state index < -0.39 is 0 Å². The van der Waals surface area contributed by atoms with Crippen molar-refractivity contribution in [2.24, 2.45) is 17.8 Å². The first kappa shape index (κ1) is 20.7. The maximum Gasteiger partial charge on any atom is 0.119 e. The van der Waals surface area contributed by atoms with Crippen LogP contribution in [0.2, 0.25) is 0 Å². The van der Waals surface area contributed by atoms with Crippen LogP contribution in [0.5, 0.6) is 5.75 Å². The molecule has 0 spiro atoms. The van der Waals surface area contributed by atoms with Gasteiger partial charge in [0.25, 0.3) is 0 Å². The van der Waals surface area contributed by atoms with Crippen LogP contribution in [0.25, 0.3) is 0 Å². The highest BCUT2D eigenvalue weighted by molar-refractivity contribution is 5.29. The Bertz CT molecular complexity index is 504. The van der Waals surface area contributed by atoms with Crippen molar-refractivity contribution in [3.63, 3.8) is 0 Å². The summed E-state index contributed by atoms with van der Waals surface area (Å²) in [5.41, 5.74) is 1.53. The molecule has 0 amide bonds. The summed E-state index contributed by atoms with van der Waals surface area (Å²) in [7, 11) is 0. The zero-order chi connectivity index (χ0) is 18.9. The van der Waals surface area contributed by atoms with E-state index in [1.165, 1.54) is 89.0 Å². The Morgan fingerprint density at radius 1 is 0.704 bits per heavy atom. The van der Waals surface area contributed by atoms with Gasteiger partial charge in [-0.05, 0) is 74.0 Å². The minimum absolute atomic E-state index is 0.755. The summed E-state index contributed by atoms with van der Waals surface area (Å²) >= 11 is 0. The van der Waals surface area contributed by atoms with Crippen LogP contribution in [0.1, 0.15) is 109 Å². The normalized spacial score (nSPS) is 28.8. The molecule has 0 N–H and O–H groups in total. The molecule has 0 aromatic heterocycles. The zero-order valence-electron chi connectivity index (χ0n) is 17.9. The fourth-order valence-electron chi connectivity index (χ4n) is 5.70. The Kier molecular flexibility index (Phi) is 8.55. The predicted molar refractivity (Wildman–Crippen MR) is 117 cm³/mol. The number of ether oxygens (including phenoxy) is 1. The van der Waals surface area contributed by atoms with Gasteiger partial charge in [-0.3, -0.25) is 0 Å². The molecule has 0 heterocycles. The molecule has 2 saturated carbocycles. The van der Waals surface area contributed by atoms with E-state index in [4.69, 9.17) is 4.74 Å². The SMILES string of the molecule is CCCC1CCC(CCCC2CCC(c3ccc(OCC)cc3)CC2)CC1. The van der Waals surface area contributed by atoms with E-state index in [1.807, 2.05) is 6.92 Å². The summed E-state index contributed by atoms with van der Waals surface area (Å²) in [5.74, 6) is 4.91. The highest BCUT2D eigenvalue weighted by Crippen LogP contribution is 2.39. The molecule has 2 aliphatic carbocycles. The van der Waals surface area contributed by atoms with E-state index >= 15 is 0 Å². The average molecular weight is 371 g/mol. The largest absolute Gasteiger partial charge is 0.494 e. The smallest absolute Gasteiger partial charge is 0.119 e. The lowest BCUT2D eigenvalue weighted by atomic mass is 9.75. The lowest BCUT2D eigenvalue weighted by molar-refractivity contribution is 0.236. The number of benzene rings is 1. The minimum atomic E-state index is 0.755. The van der Waals surface area contributed by atoms with E-state index in [0.717, 1.165) is 36.0 Å². The van der Waals surface area contributed by atoms with Crippen LogP contribution in [0.15, 0.2) is 24.3 Å². The van der Waals surface area contributed by atoms with Crippen LogP contribution >= 0.6 is 0 Å². The Morgan fingerprint density at radius 3 is 1.74 bits per heavy atom. The van der Waals surface area contributed by atoms with E-state index in [-0.39, 0.29) is 0 Å². The molecule has 27 heavy (non-hydrogen) atoms. The Morgan fingerprint density at radius 2 is 1.22 bits per heavy atom. The Labute approximate surface area is 168 Å². The molecular weight excluding hydrogens is 328 g/mol. The first-order valence-corrected chi connectivity index (χ1v) is 12.0. The quantitative estimate of drug-likeness (QED) is 0.426. The minimum Gasteiger partial charge on any atom is -0.494 e. The van der Waals surface area contributed by atoms with Crippen LogP contribution in [0.3, 0.4) is 0 Å². The van der Waals surface area contributed by atoms with Gasteiger partial charge in [-0.2, -0.15) is 0 Å². The van der Waals surface area contributed by atoms with Crippen molar-refractivity contribution in [2.45, 2.75) is 103 Å².